The molecule has 2 atom stereocenters. The monoisotopic (exact) mass is 532 g/mol. The number of halogens is 1. The maximum absolute atomic E-state index is 5.97. The fourth-order valence-corrected chi connectivity index (χ4v) is 5.07. The number of ether oxygens (including phenoxy) is 1. The van der Waals surface area contributed by atoms with E-state index in [2.05, 4.69) is 64.3 Å². The number of hydrogen-bond donors (Lipinski definition) is 1. The van der Waals surface area contributed by atoms with Crippen molar-refractivity contribution >= 4 is 41.7 Å². The van der Waals surface area contributed by atoms with Crippen molar-refractivity contribution in [3.05, 3.63) is 30.3 Å². The summed E-state index contributed by atoms with van der Waals surface area (Å²) >= 11 is 1.97. The molecule has 2 aliphatic rings. The number of morpholine rings is 1. The number of benzene rings is 1. The van der Waals surface area contributed by atoms with E-state index in [0.717, 1.165) is 57.8 Å². The van der Waals surface area contributed by atoms with E-state index in [4.69, 9.17) is 4.74 Å². The molecule has 2 heterocycles. The van der Waals surface area contributed by atoms with E-state index in [9.17, 15) is 0 Å². The van der Waals surface area contributed by atoms with Crippen LogP contribution in [0.5, 0.6) is 0 Å². The zero-order chi connectivity index (χ0) is 19.8. The first-order valence-electron chi connectivity index (χ1n) is 10.6. The second-order valence-electron chi connectivity index (χ2n) is 8.30. The summed E-state index contributed by atoms with van der Waals surface area (Å²) in [6, 6.07) is 10.7. The van der Waals surface area contributed by atoms with Crippen LogP contribution in [-0.4, -0.2) is 80.5 Å². The Morgan fingerprint density at radius 1 is 1.24 bits per heavy atom. The molecule has 2 unspecified atom stereocenters. The molecule has 1 N–H and O–H groups in total. The molecule has 0 aromatic heterocycles. The highest BCUT2D eigenvalue weighted by Gasteiger charge is 2.26. The molecule has 2 saturated heterocycles. The van der Waals surface area contributed by atoms with Gasteiger partial charge in [0.2, 0.25) is 0 Å². The molecule has 29 heavy (non-hydrogen) atoms. The summed E-state index contributed by atoms with van der Waals surface area (Å²) in [6.07, 6.45) is 1.49. The summed E-state index contributed by atoms with van der Waals surface area (Å²) in [5.74, 6) is 3.62. The van der Waals surface area contributed by atoms with E-state index >= 15 is 0 Å². The van der Waals surface area contributed by atoms with Gasteiger partial charge in [-0.05, 0) is 30.4 Å². The standard InChI is InChI=1S/C22H36N4OS.HI/c1-18(2)14-25-11-12-27-20(16-25)13-24-22(23-3)26-10-9-19(15-26)17-28-21-7-5-4-6-8-21;/h4-8,18-20H,9-17H2,1-3H3,(H,23,24);1H. The highest BCUT2D eigenvalue weighted by atomic mass is 127. The van der Waals surface area contributed by atoms with Gasteiger partial charge in [0, 0.05) is 57.0 Å². The molecule has 2 fully saturated rings. The van der Waals surface area contributed by atoms with Crippen molar-refractivity contribution in [2.45, 2.75) is 31.3 Å². The number of nitrogens with zero attached hydrogens (tertiary/aromatic N) is 3. The van der Waals surface area contributed by atoms with Gasteiger partial charge >= 0.3 is 0 Å². The summed E-state index contributed by atoms with van der Waals surface area (Å²) in [7, 11) is 1.89. The van der Waals surface area contributed by atoms with Crippen LogP contribution in [0.3, 0.4) is 0 Å². The van der Waals surface area contributed by atoms with Crippen LogP contribution in [0.15, 0.2) is 40.2 Å². The quantitative estimate of drug-likeness (QED) is 0.251. The largest absolute Gasteiger partial charge is 0.374 e. The molecule has 0 aliphatic carbocycles. The molecular formula is C22H37IN4OS. The van der Waals surface area contributed by atoms with Crippen molar-refractivity contribution in [3.63, 3.8) is 0 Å². The molecule has 0 spiro atoms. The number of thioether (sulfide) groups is 1. The third-order valence-electron chi connectivity index (χ3n) is 5.36. The van der Waals surface area contributed by atoms with Gasteiger partial charge in [-0.15, -0.1) is 35.7 Å². The summed E-state index contributed by atoms with van der Waals surface area (Å²) in [5.41, 5.74) is 0. The summed E-state index contributed by atoms with van der Waals surface area (Å²) in [6.45, 7) is 11.6. The first-order valence-corrected chi connectivity index (χ1v) is 11.6. The van der Waals surface area contributed by atoms with Crippen molar-refractivity contribution in [2.75, 3.05) is 58.7 Å². The van der Waals surface area contributed by atoms with Gasteiger partial charge in [-0.2, -0.15) is 0 Å². The van der Waals surface area contributed by atoms with Crippen molar-refractivity contribution in [1.29, 1.82) is 0 Å². The molecule has 1 aromatic carbocycles. The molecular weight excluding hydrogens is 495 g/mol. The fourth-order valence-electron chi connectivity index (χ4n) is 4.02. The zero-order valence-corrected chi connectivity index (χ0v) is 21.2. The third-order valence-corrected chi connectivity index (χ3v) is 6.60. The van der Waals surface area contributed by atoms with Gasteiger partial charge in [0.15, 0.2) is 5.96 Å². The number of hydrogen-bond acceptors (Lipinski definition) is 4. The lowest BCUT2D eigenvalue weighted by Gasteiger charge is -2.34. The lowest BCUT2D eigenvalue weighted by Crippen LogP contribution is -2.50. The van der Waals surface area contributed by atoms with Crippen LogP contribution in [0.2, 0.25) is 0 Å². The normalized spacial score (nSPS) is 23.3. The maximum Gasteiger partial charge on any atom is 0.193 e. The predicted molar refractivity (Wildman–Crippen MR) is 135 cm³/mol. The third kappa shape index (κ3) is 8.26. The smallest absolute Gasteiger partial charge is 0.193 e. The second-order valence-corrected chi connectivity index (χ2v) is 9.39. The first kappa shape index (κ1) is 24.8. The Labute approximate surface area is 198 Å². The molecule has 2 aliphatic heterocycles. The minimum Gasteiger partial charge on any atom is -0.374 e. The summed E-state index contributed by atoms with van der Waals surface area (Å²) in [5, 5.41) is 3.57. The van der Waals surface area contributed by atoms with E-state index in [1.54, 1.807) is 0 Å². The van der Waals surface area contributed by atoms with Gasteiger partial charge in [0.1, 0.15) is 0 Å². The lowest BCUT2D eigenvalue weighted by molar-refractivity contribution is -0.0286. The van der Waals surface area contributed by atoms with Gasteiger partial charge < -0.3 is 15.0 Å². The van der Waals surface area contributed by atoms with Crippen LogP contribution in [0.1, 0.15) is 20.3 Å². The lowest BCUT2D eigenvalue weighted by atomic mass is 10.2. The molecule has 0 bridgehead atoms. The topological polar surface area (TPSA) is 40.1 Å². The first-order chi connectivity index (χ1) is 13.6. The van der Waals surface area contributed by atoms with Gasteiger partial charge in [0.25, 0.3) is 0 Å². The maximum atomic E-state index is 5.97. The summed E-state index contributed by atoms with van der Waals surface area (Å²) < 4.78 is 5.97. The van der Waals surface area contributed by atoms with Gasteiger partial charge in [-0.25, -0.2) is 0 Å². The average molecular weight is 533 g/mol. The van der Waals surface area contributed by atoms with E-state index in [1.807, 2.05) is 18.8 Å². The van der Waals surface area contributed by atoms with E-state index < -0.39 is 0 Å². The Morgan fingerprint density at radius 3 is 2.76 bits per heavy atom. The van der Waals surface area contributed by atoms with Crippen molar-refractivity contribution in [3.8, 4) is 0 Å². The van der Waals surface area contributed by atoms with Crippen LogP contribution < -0.4 is 5.32 Å². The van der Waals surface area contributed by atoms with Crippen molar-refractivity contribution < 1.29 is 4.74 Å². The molecule has 0 radical (unpaired) electrons. The Morgan fingerprint density at radius 2 is 2.03 bits per heavy atom. The average Bonchev–Trinajstić information content (AvgIpc) is 3.16. The Balaban J connectivity index is 0.00000300. The van der Waals surface area contributed by atoms with Gasteiger partial charge in [-0.3, -0.25) is 9.89 Å². The summed E-state index contributed by atoms with van der Waals surface area (Å²) in [4.78, 5) is 10.8. The molecule has 164 valence electrons. The Kier molecular flexibility index (Phi) is 11.1. The molecule has 0 saturated carbocycles. The molecule has 5 nitrogen and oxygen atoms in total. The van der Waals surface area contributed by atoms with Gasteiger partial charge in [0.05, 0.1) is 12.7 Å². The number of aliphatic imine (C=N–C) groups is 1. The Bertz CT molecular complexity index is 616. The van der Waals surface area contributed by atoms with Crippen LogP contribution in [0.25, 0.3) is 0 Å². The second kappa shape index (κ2) is 13.0. The highest BCUT2D eigenvalue weighted by molar-refractivity contribution is 14.0. The molecule has 1 aromatic rings. The van der Waals surface area contributed by atoms with E-state index in [-0.39, 0.29) is 30.1 Å². The SMILES string of the molecule is CN=C(NCC1CN(CC(C)C)CCO1)N1CCC(CSc2ccccc2)C1.I. The minimum atomic E-state index is 0. The molecule has 0 amide bonds. The van der Waals surface area contributed by atoms with Crippen LogP contribution in [-0.2, 0) is 4.74 Å². The number of likely N-dealkylation sites (tertiary alicyclic amines) is 1. The van der Waals surface area contributed by atoms with Crippen LogP contribution in [0, 0.1) is 11.8 Å². The van der Waals surface area contributed by atoms with Crippen molar-refractivity contribution in [1.82, 2.24) is 15.1 Å². The van der Waals surface area contributed by atoms with E-state index in [1.165, 1.54) is 17.1 Å². The molecule has 7 heteroatoms. The van der Waals surface area contributed by atoms with E-state index in [0.29, 0.717) is 5.92 Å². The number of guanidine groups is 1. The van der Waals surface area contributed by atoms with Crippen LogP contribution >= 0.6 is 35.7 Å². The Hall–Kier alpha value is -0.510. The van der Waals surface area contributed by atoms with Crippen LogP contribution in [0.4, 0.5) is 0 Å². The number of nitrogens with one attached hydrogen (secondary N) is 1. The minimum absolute atomic E-state index is 0. The zero-order valence-electron chi connectivity index (χ0n) is 18.0. The fraction of sp³-hybridized carbons (Fsp3) is 0.682. The van der Waals surface area contributed by atoms with Crippen molar-refractivity contribution in [2.24, 2.45) is 16.8 Å². The number of rotatable bonds is 7. The van der Waals surface area contributed by atoms with Gasteiger partial charge in [-0.1, -0.05) is 32.0 Å². The highest BCUT2D eigenvalue weighted by Crippen LogP contribution is 2.25. The predicted octanol–water partition coefficient (Wildman–Crippen LogP) is 3.65. The molecule has 3 rings (SSSR count).